The van der Waals surface area contributed by atoms with E-state index in [0.29, 0.717) is 11.2 Å². The molecule has 1 aliphatic heterocycles. The van der Waals surface area contributed by atoms with Gasteiger partial charge >= 0.3 is 0 Å². The van der Waals surface area contributed by atoms with Crippen molar-refractivity contribution in [2.45, 2.75) is 24.6 Å². The first-order chi connectivity index (χ1) is 10.7. The molecule has 8 nitrogen and oxygen atoms in total. The van der Waals surface area contributed by atoms with Crippen molar-refractivity contribution >= 4 is 11.2 Å². The number of aromatic nitrogens is 4. The molecule has 3 unspecified atom stereocenters. The van der Waals surface area contributed by atoms with E-state index in [-0.39, 0.29) is 12.5 Å². The Balaban J connectivity index is 1.97. The number of imidazole rings is 1. The zero-order chi connectivity index (χ0) is 15.7. The first-order valence-corrected chi connectivity index (χ1v) is 6.67. The number of rotatable bonds is 5. The smallest absolute Gasteiger partial charge is 0.245 e. The molecule has 2 N–H and O–H groups in total. The standard InChI is InChI=1S/C13H15FN4O4/c1-2-3-21-12-9-11(15-5-16-12)18(6-17-9)13-8(14)10(20)7(4-19)22-13/h2,5-8,10,13,19-20H,1,3-4H2/t7?,8-,10?,13?/m1/s1. The second-order valence-corrected chi connectivity index (χ2v) is 4.79. The maximum Gasteiger partial charge on any atom is 0.245 e. The molecule has 0 radical (unpaired) electrons. The van der Waals surface area contributed by atoms with Crippen molar-refractivity contribution < 1.29 is 24.1 Å². The third-order valence-electron chi connectivity index (χ3n) is 3.41. The summed E-state index contributed by atoms with van der Waals surface area (Å²) in [4.78, 5) is 12.1. The lowest BCUT2D eigenvalue weighted by atomic mass is 10.1. The van der Waals surface area contributed by atoms with Crippen LogP contribution in [0.25, 0.3) is 11.2 Å². The van der Waals surface area contributed by atoms with Crippen LogP contribution in [0.2, 0.25) is 0 Å². The van der Waals surface area contributed by atoms with Crippen LogP contribution in [0.15, 0.2) is 25.3 Å². The Kier molecular flexibility index (Phi) is 4.01. The van der Waals surface area contributed by atoms with E-state index in [0.717, 1.165) is 0 Å². The quantitative estimate of drug-likeness (QED) is 0.748. The molecule has 3 heterocycles. The highest BCUT2D eigenvalue weighted by atomic mass is 19.1. The third-order valence-corrected chi connectivity index (χ3v) is 3.41. The molecule has 4 atom stereocenters. The van der Waals surface area contributed by atoms with Gasteiger partial charge < -0.3 is 19.7 Å². The lowest BCUT2D eigenvalue weighted by molar-refractivity contribution is -0.0459. The summed E-state index contributed by atoms with van der Waals surface area (Å²) in [6, 6.07) is 0. The molecule has 0 aliphatic carbocycles. The van der Waals surface area contributed by atoms with Gasteiger partial charge in [0.05, 0.1) is 12.9 Å². The van der Waals surface area contributed by atoms with Crippen molar-refractivity contribution in [2.24, 2.45) is 0 Å². The molecule has 1 fully saturated rings. The van der Waals surface area contributed by atoms with E-state index in [1.165, 1.54) is 17.2 Å². The van der Waals surface area contributed by atoms with Gasteiger partial charge in [-0.15, -0.1) is 0 Å². The van der Waals surface area contributed by atoms with Crippen LogP contribution in [0, 0.1) is 0 Å². The summed E-state index contributed by atoms with van der Waals surface area (Å²) in [5.74, 6) is 0.247. The van der Waals surface area contributed by atoms with Gasteiger partial charge in [-0.1, -0.05) is 12.7 Å². The number of hydrogen-bond donors (Lipinski definition) is 2. The monoisotopic (exact) mass is 310 g/mol. The number of nitrogens with zero attached hydrogens (tertiary/aromatic N) is 4. The fraction of sp³-hybridized carbons (Fsp3) is 0.462. The summed E-state index contributed by atoms with van der Waals surface area (Å²) in [6.07, 6.45) is -1.07. The first-order valence-electron chi connectivity index (χ1n) is 6.67. The summed E-state index contributed by atoms with van der Waals surface area (Å²) >= 11 is 0. The minimum atomic E-state index is -1.71. The fourth-order valence-electron chi connectivity index (χ4n) is 2.34. The van der Waals surface area contributed by atoms with Crippen LogP contribution in [0.4, 0.5) is 4.39 Å². The van der Waals surface area contributed by atoms with Crippen molar-refractivity contribution in [3.8, 4) is 5.88 Å². The van der Waals surface area contributed by atoms with E-state index in [2.05, 4.69) is 21.5 Å². The van der Waals surface area contributed by atoms with Crippen LogP contribution >= 0.6 is 0 Å². The molecule has 0 amide bonds. The van der Waals surface area contributed by atoms with Crippen molar-refractivity contribution in [3.05, 3.63) is 25.3 Å². The maximum absolute atomic E-state index is 14.2. The summed E-state index contributed by atoms with van der Waals surface area (Å²) in [6.45, 7) is 3.31. The lowest BCUT2D eigenvalue weighted by Gasteiger charge is -2.14. The Hall–Kier alpha value is -2.10. The molecular weight excluding hydrogens is 295 g/mol. The number of ether oxygens (including phenoxy) is 2. The molecule has 118 valence electrons. The molecule has 0 aromatic carbocycles. The predicted octanol–water partition coefficient (Wildman–Crippen LogP) is -0.0202. The predicted molar refractivity (Wildman–Crippen MR) is 72.9 cm³/mol. The number of hydrogen-bond acceptors (Lipinski definition) is 7. The second kappa shape index (κ2) is 5.95. The Bertz CT molecular complexity index is 679. The molecule has 3 rings (SSSR count). The SMILES string of the molecule is C=CCOc1ncnc2c1ncn2C1OC(CO)C(O)[C@H]1F. The van der Waals surface area contributed by atoms with Gasteiger partial charge in [0.25, 0.3) is 0 Å². The zero-order valence-corrected chi connectivity index (χ0v) is 11.5. The topological polar surface area (TPSA) is 103 Å². The van der Waals surface area contributed by atoms with Crippen LogP contribution in [0.5, 0.6) is 5.88 Å². The molecule has 0 bridgehead atoms. The minimum absolute atomic E-state index is 0.246. The van der Waals surface area contributed by atoms with Gasteiger partial charge in [0.1, 0.15) is 25.1 Å². The lowest BCUT2D eigenvalue weighted by Crippen LogP contribution is -2.30. The van der Waals surface area contributed by atoms with Crippen LogP contribution in [-0.4, -0.2) is 61.3 Å². The fourth-order valence-corrected chi connectivity index (χ4v) is 2.34. The number of aliphatic hydroxyl groups excluding tert-OH is 2. The largest absolute Gasteiger partial charge is 0.472 e. The average molecular weight is 310 g/mol. The van der Waals surface area contributed by atoms with E-state index >= 15 is 0 Å². The Morgan fingerprint density at radius 1 is 1.45 bits per heavy atom. The molecule has 1 aliphatic rings. The van der Waals surface area contributed by atoms with E-state index in [1.54, 1.807) is 6.08 Å². The zero-order valence-electron chi connectivity index (χ0n) is 11.5. The van der Waals surface area contributed by atoms with Crippen molar-refractivity contribution in [3.63, 3.8) is 0 Å². The van der Waals surface area contributed by atoms with Gasteiger partial charge in [-0.05, 0) is 0 Å². The highest BCUT2D eigenvalue weighted by Crippen LogP contribution is 2.34. The molecular formula is C13H15FN4O4. The van der Waals surface area contributed by atoms with E-state index < -0.39 is 31.2 Å². The molecule has 0 spiro atoms. The van der Waals surface area contributed by atoms with Crippen LogP contribution < -0.4 is 4.74 Å². The van der Waals surface area contributed by atoms with Gasteiger partial charge in [0.2, 0.25) is 5.88 Å². The van der Waals surface area contributed by atoms with Crippen LogP contribution in [0.3, 0.4) is 0 Å². The Morgan fingerprint density at radius 2 is 2.27 bits per heavy atom. The van der Waals surface area contributed by atoms with Gasteiger partial charge in [0, 0.05) is 0 Å². The molecule has 9 heteroatoms. The van der Waals surface area contributed by atoms with E-state index in [1.807, 2.05) is 0 Å². The van der Waals surface area contributed by atoms with Crippen LogP contribution in [0.1, 0.15) is 6.23 Å². The van der Waals surface area contributed by atoms with Gasteiger partial charge in [0.15, 0.2) is 23.6 Å². The van der Waals surface area contributed by atoms with Crippen LogP contribution in [-0.2, 0) is 4.74 Å². The summed E-state index contributed by atoms with van der Waals surface area (Å²) in [5.41, 5.74) is 0.662. The van der Waals surface area contributed by atoms with Crippen molar-refractivity contribution in [2.75, 3.05) is 13.2 Å². The number of fused-ring (bicyclic) bond motifs is 1. The highest BCUT2D eigenvalue weighted by molar-refractivity contribution is 5.76. The highest BCUT2D eigenvalue weighted by Gasteiger charge is 2.45. The molecule has 2 aromatic heterocycles. The summed E-state index contributed by atoms with van der Waals surface area (Å²) in [5, 5.41) is 18.8. The molecule has 1 saturated heterocycles. The number of alkyl halides is 1. The number of halogens is 1. The second-order valence-electron chi connectivity index (χ2n) is 4.79. The summed E-state index contributed by atoms with van der Waals surface area (Å²) < 4.78 is 26.2. The van der Waals surface area contributed by atoms with Gasteiger partial charge in [-0.2, -0.15) is 4.98 Å². The minimum Gasteiger partial charge on any atom is -0.472 e. The molecule has 2 aromatic rings. The Labute approximate surface area is 124 Å². The number of aliphatic hydroxyl groups is 2. The van der Waals surface area contributed by atoms with Gasteiger partial charge in [-0.25, -0.2) is 14.4 Å². The third kappa shape index (κ3) is 2.32. The van der Waals surface area contributed by atoms with Gasteiger partial charge in [-0.3, -0.25) is 4.57 Å². The summed E-state index contributed by atoms with van der Waals surface area (Å²) in [7, 11) is 0. The van der Waals surface area contributed by atoms with E-state index in [4.69, 9.17) is 14.6 Å². The average Bonchev–Trinajstić information content (AvgIpc) is 3.08. The Morgan fingerprint density at radius 3 is 2.95 bits per heavy atom. The molecule has 22 heavy (non-hydrogen) atoms. The van der Waals surface area contributed by atoms with Crippen molar-refractivity contribution in [1.82, 2.24) is 19.5 Å². The normalized spacial score (nSPS) is 28.1. The maximum atomic E-state index is 14.2. The van der Waals surface area contributed by atoms with Crippen molar-refractivity contribution in [1.29, 1.82) is 0 Å². The molecule has 0 saturated carbocycles. The van der Waals surface area contributed by atoms with E-state index in [9.17, 15) is 9.50 Å². The first kappa shape index (κ1) is 14.8.